The fourth-order valence-corrected chi connectivity index (χ4v) is 1.74. The summed E-state index contributed by atoms with van der Waals surface area (Å²) >= 11 is 0. The lowest BCUT2D eigenvalue weighted by Crippen LogP contribution is -2.14. The zero-order chi connectivity index (χ0) is 13.3. The zero-order valence-electron chi connectivity index (χ0n) is 11.3. The van der Waals surface area contributed by atoms with Crippen molar-refractivity contribution in [2.45, 2.75) is 26.5 Å². The van der Waals surface area contributed by atoms with Gasteiger partial charge in [-0.05, 0) is 30.7 Å². The van der Waals surface area contributed by atoms with Crippen molar-refractivity contribution in [1.29, 1.82) is 0 Å². The van der Waals surface area contributed by atoms with Crippen LogP contribution in [0.4, 0.5) is 0 Å². The monoisotopic (exact) mass is 256 g/mol. The van der Waals surface area contributed by atoms with Crippen molar-refractivity contribution < 1.29 is 4.74 Å². The average molecular weight is 256 g/mol. The molecule has 1 heterocycles. The van der Waals surface area contributed by atoms with E-state index in [-0.39, 0.29) is 0 Å². The molecule has 0 fully saturated rings. The van der Waals surface area contributed by atoms with Gasteiger partial charge in [-0.2, -0.15) is 0 Å². The molecule has 100 valence electrons. The van der Waals surface area contributed by atoms with E-state index in [9.17, 15) is 0 Å². The Bertz CT molecular complexity index is 468. The molecule has 1 aromatic carbocycles. The topological polar surface area (TPSA) is 34.1 Å². The van der Waals surface area contributed by atoms with E-state index >= 15 is 0 Å². The highest BCUT2D eigenvalue weighted by molar-refractivity contribution is 5.21. The minimum atomic E-state index is 0.579. The molecule has 0 saturated carbocycles. The van der Waals surface area contributed by atoms with Crippen molar-refractivity contribution in [3.8, 4) is 5.75 Å². The number of aromatic nitrogens is 1. The highest BCUT2D eigenvalue weighted by Gasteiger charge is 1.98. The molecule has 3 heteroatoms. The Morgan fingerprint density at radius 2 is 1.95 bits per heavy atom. The summed E-state index contributed by atoms with van der Waals surface area (Å²) in [4.78, 5) is 4.38. The second-order valence-electron chi connectivity index (χ2n) is 4.44. The Morgan fingerprint density at radius 3 is 2.63 bits per heavy atom. The maximum Gasteiger partial charge on any atom is 0.138 e. The van der Waals surface area contributed by atoms with Gasteiger partial charge in [0.1, 0.15) is 12.4 Å². The third kappa shape index (κ3) is 4.72. The second kappa shape index (κ2) is 7.54. The van der Waals surface area contributed by atoms with Crippen molar-refractivity contribution in [2.24, 2.45) is 0 Å². The van der Waals surface area contributed by atoms with Crippen LogP contribution in [0.25, 0.3) is 0 Å². The maximum absolute atomic E-state index is 5.69. The Hall–Kier alpha value is -1.87. The van der Waals surface area contributed by atoms with Crippen molar-refractivity contribution in [3.63, 3.8) is 0 Å². The molecule has 2 rings (SSSR count). The first-order valence-electron chi connectivity index (χ1n) is 6.71. The SMILES string of the molecule is CCCNCc1ccc(OCc2ccccc2)cn1. The molecule has 0 spiro atoms. The first kappa shape index (κ1) is 13.6. The van der Waals surface area contributed by atoms with Crippen LogP contribution in [0.5, 0.6) is 5.75 Å². The average Bonchev–Trinajstić information content (AvgIpc) is 2.48. The molecular weight excluding hydrogens is 236 g/mol. The zero-order valence-corrected chi connectivity index (χ0v) is 11.3. The molecule has 0 aliphatic rings. The lowest BCUT2D eigenvalue weighted by molar-refractivity contribution is 0.305. The third-order valence-electron chi connectivity index (χ3n) is 2.78. The van der Waals surface area contributed by atoms with Gasteiger partial charge in [-0.25, -0.2) is 0 Å². The summed E-state index contributed by atoms with van der Waals surface area (Å²) < 4.78 is 5.69. The number of hydrogen-bond acceptors (Lipinski definition) is 3. The lowest BCUT2D eigenvalue weighted by Gasteiger charge is -2.07. The van der Waals surface area contributed by atoms with Gasteiger partial charge >= 0.3 is 0 Å². The van der Waals surface area contributed by atoms with Crippen LogP contribution in [0.3, 0.4) is 0 Å². The van der Waals surface area contributed by atoms with E-state index in [1.54, 1.807) is 6.20 Å². The number of pyridine rings is 1. The first-order chi connectivity index (χ1) is 9.38. The summed E-state index contributed by atoms with van der Waals surface area (Å²) in [7, 11) is 0. The van der Waals surface area contributed by atoms with E-state index in [0.29, 0.717) is 6.61 Å². The molecule has 0 saturated heterocycles. The first-order valence-corrected chi connectivity index (χ1v) is 6.71. The van der Waals surface area contributed by atoms with Crippen molar-refractivity contribution in [1.82, 2.24) is 10.3 Å². The maximum atomic E-state index is 5.69. The molecule has 0 aliphatic carbocycles. The molecule has 0 atom stereocenters. The fourth-order valence-electron chi connectivity index (χ4n) is 1.74. The number of nitrogens with zero attached hydrogens (tertiary/aromatic N) is 1. The van der Waals surface area contributed by atoms with Gasteiger partial charge in [0.2, 0.25) is 0 Å². The summed E-state index contributed by atoms with van der Waals surface area (Å²) in [6.45, 7) is 4.57. The number of rotatable bonds is 7. The molecule has 0 unspecified atom stereocenters. The van der Waals surface area contributed by atoms with Crippen LogP contribution in [-0.4, -0.2) is 11.5 Å². The summed E-state index contributed by atoms with van der Waals surface area (Å²) in [5.41, 5.74) is 2.21. The Labute approximate surface area is 114 Å². The molecule has 3 nitrogen and oxygen atoms in total. The Kier molecular flexibility index (Phi) is 5.38. The largest absolute Gasteiger partial charge is 0.487 e. The summed E-state index contributed by atoms with van der Waals surface area (Å²) in [6, 6.07) is 14.1. The summed E-state index contributed by atoms with van der Waals surface area (Å²) in [5.74, 6) is 0.808. The highest BCUT2D eigenvalue weighted by Crippen LogP contribution is 2.11. The van der Waals surface area contributed by atoms with E-state index in [1.807, 2.05) is 30.3 Å². The quantitative estimate of drug-likeness (QED) is 0.773. The molecule has 1 aromatic heterocycles. The van der Waals surface area contributed by atoms with Crippen LogP contribution in [0.1, 0.15) is 24.6 Å². The van der Waals surface area contributed by atoms with E-state index < -0.39 is 0 Å². The molecule has 0 aliphatic heterocycles. The van der Waals surface area contributed by atoms with Crippen molar-refractivity contribution >= 4 is 0 Å². The molecule has 1 N–H and O–H groups in total. The van der Waals surface area contributed by atoms with Crippen LogP contribution in [0, 0.1) is 0 Å². The van der Waals surface area contributed by atoms with Gasteiger partial charge in [0.15, 0.2) is 0 Å². The van der Waals surface area contributed by atoms with Crippen LogP contribution in [-0.2, 0) is 13.2 Å². The predicted molar refractivity (Wildman–Crippen MR) is 77.0 cm³/mol. The van der Waals surface area contributed by atoms with Gasteiger partial charge in [0.05, 0.1) is 11.9 Å². The van der Waals surface area contributed by atoms with Gasteiger partial charge in [0.25, 0.3) is 0 Å². The van der Waals surface area contributed by atoms with Gasteiger partial charge in [-0.15, -0.1) is 0 Å². The van der Waals surface area contributed by atoms with Gasteiger partial charge < -0.3 is 10.1 Å². The fraction of sp³-hybridized carbons (Fsp3) is 0.312. The van der Waals surface area contributed by atoms with Crippen LogP contribution in [0.15, 0.2) is 48.7 Å². The van der Waals surface area contributed by atoms with Gasteiger partial charge in [-0.3, -0.25) is 4.98 Å². The van der Waals surface area contributed by atoms with Crippen molar-refractivity contribution in [3.05, 3.63) is 59.9 Å². The number of benzene rings is 1. The predicted octanol–water partition coefficient (Wildman–Crippen LogP) is 3.16. The Balaban J connectivity index is 1.81. The molecule has 0 bridgehead atoms. The van der Waals surface area contributed by atoms with E-state index in [1.165, 1.54) is 0 Å². The van der Waals surface area contributed by atoms with E-state index in [0.717, 1.165) is 36.5 Å². The normalized spacial score (nSPS) is 10.4. The van der Waals surface area contributed by atoms with Crippen LogP contribution < -0.4 is 10.1 Å². The van der Waals surface area contributed by atoms with Crippen LogP contribution >= 0.6 is 0 Å². The van der Waals surface area contributed by atoms with Crippen LogP contribution in [0.2, 0.25) is 0 Å². The molecular formula is C16H20N2O. The summed E-state index contributed by atoms with van der Waals surface area (Å²) in [5, 5.41) is 3.33. The number of hydrogen-bond donors (Lipinski definition) is 1. The number of nitrogens with one attached hydrogen (secondary N) is 1. The second-order valence-corrected chi connectivity index (χ2v) is 4.44. The number of ether oxygens (including phenoxy) is 1. The lowest BCUT2D eigenvalue weighted by atomic mass is 10.2. The smallest absolute Gasteiger partial charge is 0.138 e. The van der Waals surface area contributed by atoms with Gasteiger partial charge in [-0.1, -0.05) is 37.3 Å². The molecule has 0 radical (unpaired) electrons. The molecule has 19 heavy (non-hydrogen) atoms. The minimum Gasteiger partial charge on any atom is -0.487 e. The molecule has 0 amide bonds. The minimum absolute atomic E-state index is 0.579. The third-order valence-corrected chi connectivity index (χ3v) is 2.78. The van der Waals surface area contributed by atoms with E-state index in [4.69, 9.17) is 4.74 Å². The van der Waals surface area contributed by atoms with E-state index in [2.05, 4.69) is 29.4 Å². The standard InChI is InChI=1S/C16H20N2O/c1-2-10-17-11-15-8-9-16(12-18-15)19-13-14-6-4-3-5-7-14/h3-9,12,17H,2,10-11,13H2,1H3. The van der Waals surface area contributed by atoms with Crippen molar-refractivity contribution in [2.75, 3.05) is 6.54 Å². The summed E-state index contributed by atoms with van der Waals surface area (Å²) in [6.07, 6.45) is 2.92. The van der Waals surface area contributed by atoms with Gasteiger partial charge in [0, 0.05) is 6.54 Å². The highest BCUT2D eigenvalue weighted by atomic mass is 16.5. The Morgan fingerprint density at radius 1 is 1.11 bits per heavy atom. The molecule has 2 aromatic rings.